The molecule has 4 nitrogen and oxygen atoms in total. The molecular weight excluding hydrogens is 182 g/mol. The average Bonchev–Trinajstić information content (AvgIpc) is 2.18. The summed E-state index contributed by atoms with van der Waals surface area (Å²) >= 11 is 0. The summed E-state index contributed by atoms with van der Waals surface area (Å²) in [6, 6.07) is 3.06. The molecule has 0 aliphatic carbocycles. The first-order valence-electron chi connectivity index (χ1n) is 4.50. The van der Waals surface area contributed by atoms with E-state index in [2.05, 4.69) is 4.98 Å². The molecule has 1 rings (SSSR count). The van der Waals surface area contributed by atoms with Crippen LogP contribution in [0.3, 0.4) is 0 Å². The van der Waals surface area contributed by atoms with Crippen molar-refractivity contribution in [2.45, 2.75) is 26.4 Å². The van der Waals surface area contributed by atoms with E-state index >= 15 is 0 Å². The van der Waals surface area contributed by atoms with Gasteiger partial charge in [0.25, 0.3) is 0 Å². The highest BCUT2D eigenvalue weighted by molar-refractivity contribution is 5.90. The number of carboxylic acids is 1. The molecule has 0 fully saturated rings. The highest BCUT2D eigenvalue weighted by Crippen LogP contribution is 2.16. The lowest BCUT2D eigenvalue weighted by Crippen LogP contribution is -2.13. The van der Waals surface area contributed by atoms with Gasteiger partial charge in [-0.3, -0.25) is 0 Å². The number of carboxylic acid groups (broad SMARTS) is 1. The molecule has 0 amide bonds. The van der Waals surface area contributed by atoms with Crippen LogP contribution in [0.2, 0.25) is 0 Å². The molecule has 1 aromatic heterocycles. The van der Waals surface area contributed by atoms with Gasteiger partial charge in [-0.25, -0.2) is 9.78 Å². The molecule has 0 radical (unpaired) electrons. The Balaban J connectivity index is 2.90. The van der Waals surface area contributed by atoms with Crippen LogP contribution < -0.4 is 4.74 Å². The van der Waals surface area contributed by atoms with Crippen molar-refractivity contribution in [2.75, 3.05) is 0 Å². The lowest BCUT2D eigenvalue weighted by atomic mass is 10.2. The Morgan fingerprint density at radius 1 is 1.71 bits per heavy atom. The van der Waals surface area contributed by atoms with Crippen LogP contribution in [0.5, 0.6) is 5.88 Å². The Kier molecular flexibility index (Phi) is 3.45. The second kappa shape index (κ2) is 4.60. The molecule has 76 valence electrons. The van der Waals surface area contributed by atoms with Crippen LogP contribution >= 0.6 is 0 Å². The van der Waals surface area contributed by atoms with Gasteiger partial charge in [-0.15, -0.1) is 0 Å². The zero-order valence-electron chi connectivity index (χ0n) is 8.23. The highest BCUT2D eigenvalue weighted by Gasteiger charge is 2.13. The van der Waals surface area contributed by atoms with Crippen molar-refractivity contribution in [3.05, 3.63) is 23.9 Å². The number of carbonyl (C=O) groups is 1. The fourth-order valence-electron chi connectivity index (χ4n) is 0.921. The Morgan fingerprint density at radius 2 is 2.43 bits per heavy atom. The van der Waals surface area contributed by atoms with Crippen molar-refractivity contribution in [1.82, 2.24) is 4.98 Å². The van der Waals surface area contributed by atoms with Gasteiger partial charge in [0.1, 0.15) is 5.56 Å². The van der Waals surface area contributed by atoms with Gasteiger partial charge in [0.15, 0.2) is 0 Å². The normalized spacial score (nSPS) is 12.1. The van der Waals surface area contributed by atoms with E-state index in [4.69, 9.17) is 9.84 Å². The van der Waals surface area contributed by atoms with Gasteiger partial charge in [0.05, 0.1) is 6.10 Å². The second-order valence-corrected chi connectivity index (χ2v) is 3.00. The highest BCUT2D eigenvalue weighted by atomic mass is 16.5. The van der Waals surface area contributed by atoms with Crippen LogP contribution in [0.4, 0.5) is 0 Å². The summed E-state index contributed by atoms with van der Waals surface area (Å²) in [7, 11) is 0. The van der Waals surface area contributed by atoms with Gasteiger partial charge >= 0.3 is 5.97 Å². The Morgan fingerprint density at radius 3 is 3.00 bits per heavy atom. The van der Waals surface area contributed by atoms with Crippen molar-refractivity contribution in [3.63, 3.8) is 0 Å². The number of pyridine rings is 1. The predicted octanol–water partition coefficient (Wildman–Crippen LogP) is 1.96. The minimum atomic E-state index is -1.02. The number of aromatic nitrogens is 1. The summed E-state index contributed by atoms with van der Waals surface area (Å²) in [6.45, 7) is 3.84. The van der Waals surface area contributed by atoms with Crippen LogP contribution in [0.25, 0.3) is 0 Å². The molecule has 1 heterocycles. The summed E-state index contributed by atoms with van der Waals surface area (Å²) in [4.78, 5) is 14.7. The number of nitrogens with zero attached hydrogens (tertiary/aromatic N) is 1. The zero-order valence-corrected chi connectivity index (χ0v) is 8.23. The van der Waals surface area contributed by atoms with E-state index in [1.165, 1.54) is 12.3 Å². The summed E-state index contributed by atoms with van der Waals surface area (Å²) in [5.41, 5.74) is 0.104. The molecule has 1 N–H and O–H groups in total. The van der Waals surface area contributed by atoms with Crippen LogP contribution in [0, 0.1) is 0 Å². The maximum Gasteiger partial charge on any atom is 0.341 e. The van der Waals surface area contributed by atoms with Gasteiger partial charge in [0.2, 0.25) is 5.88 Å². The zero-order chi connectivity index (χ0) is 10.6. The fraction of sp³-hybridized carbons (Fsp3) is 0.400. The summed E-state index contributed by atoms with van der Waals surface area (Å²) in [5, 5.41) is 8.83. The van der Waals surface area contributed by atoms with Crippen molar-refractivity contribution in [3.8, 4) is 5.88 Å². The van der Waals surface area contributed by atoms with Crippen molar-refractivity contribution in [2.24, 2.45) is 0 Å². The van der Waals surface area contributed by atoms with Crippen LogP contribution in [0.1, 0.15) is 30.6 Å². The third kappa shape index (κ3) is 2.45. The SMILES string of the molecule is CCC(C)Oc1ncccc1C(=O)O. The summed E-state index contributed by atoms with van der Waals surface area (Å²) < 4.78 is 5.36. The first kappa shape index (κ1) is 10.5. The predicted molar refractivity (Wildman–Crippen MR) is 51.6 cm³/mol. The van der Waals surface area contributed by atoms with Gasteiger partial charge in [-0.2, -0.15) is 0 Å². The molecule has 1 atom stereocenters. The molecular formula is C10H13NO3. The fourth-order valence-corrected chi connectivity index (χ4v) is 0.921. The van der Waals surface area contributed by atoms with Gasteiger partial charge < -0.3 is 9.84 Å². The molecule has 0 spiro atoms. The molecule has 4 heteroatoms. The first-order valence-corrected chi connectivity index (χ1v) is 4.50. The number of hydrogen-bond donors (Lipinski definition) is 1. The number of rotatable bonds is 4. The van der Waals surface area contributed by atoms with E-state index in [-0.39, 0.29) is 17.5 Å². The number of hydrogen-bond acceptors (Lipinski definition) is 3. The topological polar surface area (TPSA) is 59.4 Å². The van der Waals surface area contributed by atoms with Crippen molar-refractivity contribution >= 4 is 5.97 Å². The molecule has 0 bridgehead atoms. The van der Waals surface area contributed by atoms with Crippen molar-refractivity contribution in [1.29, 1.82) is 0 Å². The minimum Gasteiger partial charge on any atom is -0.477 e. The molecule has 0 aromatic carbocycles. The average molecular weight is 195 g/mol. The van der Waals surface area contributed by atoms with Gasteiger partial charge in [-0.05, 0) is 25.5 Å². The monoisotopic (exact) mass is 195 g/mol. The lowest BCUT2D eigenvalue weighted by molar-refractivity contribution is 0.0688. The molecule has 0 saturated heterocycles. The van der Waals surface area contributed by atoms with E-state index in [1.807, 2.05) is 13.8 Å². The smallest absolute Gasteiger partial charge is 0.341 e. The molecule has 0 aliphatic heterocycles. The first-order chi connectivity index (χ1) is 6.65. The minimum absolute atomic E-state index is 0.0250. The summed E-state index contributed by atoms with van der Waals surface area (Å²) in [6.07, 6.45) is 2.31. The summed E-state index contributed by atoms with van der Waals surface area (Å²) in [5.74, 6) is -0.828. The molecule has 14 heavy (non-hydrogen) atoms. The lowest BCUT2D eigenvalue weighted by Gasteiger charge is -2.12. The maximum atomic E-state index is 10.8. The molecule has 1 aromatic rings. The van der Waals surface area contributed by atoms with E-state index in [9.17, 15) is 4.79 Å². The van der Waals surface area contributed by atoms with E-state index in [0.717, 1.165) is 6.42 Å². The van der Waals surface area contributed by atoms with Gasteiger partial charge in [0, 0.05) is 6.20 Å². The van der Waals surface area contributed by atoms with Crippen LogP contribution in [0.15, 0.2) is 18.3 Å². The molecule has 0 saturated carbocycles. The van der Waals surface area contributed by atoms with Gasteiger partial charge in [-0.1, -0.05) is 6.92 Å². The Labute approximate surface area is 82.5 Å². The maximum absolute atomic E-state index is 10.8. The molecule has 1 unspecified atom stereocenters. The largest absolute Gasteiger partial charge is 0.477 e. The van der Waals surface area contributed by atoms with E-state index in [0.29, 0.717) is 0 Å². The molecule has 0 aliphatic rings. The standard InChI is InChI=1S/C10H13NO3/c1-3-7(2)14-9-8(10(12)13)5-4-6-11-9/h4-7H,3H2,1-2H3,(H,12,13). The second-order valence-electron chi connectivity index (χ2n) is 3.00. The van der Waals surface area contributed by atoms with E-state index in [1.54, 1.807) is 6.07 Å². The number of aromatic carboxylic acids is 1. The number of ether oxygens (including phenoxy) is 1. The third-order valence-electron chi connectivity index (χ3n) is 1.89. The van der Waals surface area contributed by atoms with Crippen LogP contribution in [-0.2, 0) is 0 Å². The van der Waals surface area contributed by atoms with Crippen LogP contribution in [-0.4, -0.2) is 22.2 Å². The Bertz CT molecular complexity index is 325. The Hall–Kier alpha value is -1.58. The third-order valence-corrected chi connectivity index (χ3v) is 1.89. The van der Waals surface area contributed by atoms with E-state index < -0.39 is 5.97 Å². The van der Waals surface area contributed by atoms with Crippen molar-refractivity contribution < 1.29 is 14.6 Å². The quantitative estimate of drug-likeness (QED) is 0.797.